The number of methoxy groups -OCH3 is 1. The molecule has 6 nitrogen and oxygen atoms in total. The highest BCUT2D eigenvalue weighted by Crippen LogP contribution is 2.53. The highest BCUT2D eigenvalue weighted by Gasteiger charge is 2.42. The van der Waals surface area contributed by atoms with Crippen LogP contribution in [0.15, 0.2) is 6.08 Å². The zero-order chi connectivity index (χ0) is 21.5. The first-order valence-corrected chi connectivity index (χ1v) is 10.2. The summed E-state index contributed by atoms with van der Waals surface area (Å²) in [7, 11) is 1.36. The van der Waals surface area contributed by atoms with Crippen LogP contribution in [-0.4, -0.2) is 35.7 Å². The van der Waals surface area contributed by atoms with Gasteiger partial charge in [-0.05, 0) is 39.3 Å². The minimum Gasteiger partial charge on any atom is -0.506 e. The number of aromatic hydroxyl groups is 1. The SMILES string of the molecule is CCCC(CC(=O)OC)c1c2c(c(O)c3c1O[C@H](C)[C@H](C)C3=O)C=CC(C)(C)O2. The number of esters is 1. The first kappa shape index (κ1) is 21.2. The molecule has 0 bridgehead atoms. The second kappa shape index (κ2) is 7.73. The molecule has 1 aromatic carbocycles. The Kier molecular flexibility index (Phi) is 5.65. The Labute approximate surface area is 171 Å². The number of benzene rings is 1. The van der Waals surface area contributed by atoms with E-state index in [1.165, 1.54) is 7.11 Å². The highest BCUT2D eigenvalue weighted by atomic mass is 16.5. The second-order valence-electron chi connectivity index (χ2n) is 8.49. The molecule has 1 aromatic rings. The van der Waals surface area contributed by atoms with Crippen LogP contribution in [0.1, 0.15) is 81.3 Å². The molecule has 0 saturated heterocycles. The summed E-state index contributed by atoms with van der Waals surface area (Å²) in [4.78, 5) is 25.2. The van der Waals surface area contributed by atoms with Crippen molar-refractivity contribution in [1.82, 2.24) is 0 Å². The lowest BCUT2D eigenvalue weighted by molar-refractivity contribution is -0.141. The Hall–Kier alpha value is -2.50. The van der Waals surface area contributed by atoms with E-state index < -0.39 is 5.60 Å². The second-order valence-corrected chi connectivity index (χ2v) is 8.49. The Balaban J connectivity index is 2.32. The van der Waals surface area contributed by atoms with Gasteiger partial charge in [0.15, 0.2) is 5.78 Å². The zero-order valence-corrected chi connectivity index (χ0v) is 18.0. The Morgan fingerprint density at radius 2 is 2.00 bits per heavy atom. The van der Waals surface area contributed by atoms with Crippen molar-refractivity contribution in [3.63, 3.8) is 0 Å². The van der Waals surface area contributed by atoms with E-state index in [9.17, 15) is 14.7 Å². The number of hydrogen-bond donors (Lipinski definition) is 1. The third kappa shape index (κ3) is 3.72. The summed E-state index contributed by atoms with van der Waals surface area (Å²) in [6.45, 7) is 9.50. The minimum atomic E-state index is -0.595. The van der Waals surface area contributed by atoms with E-state index in [0.29, 0.717) is 29.0 Å². The first-order chi connectivity index (χ1) is 13.6. The molecule has 2 heterocycles. The average molecular weight is 402 g/mol. The molecule has 0 aliphatic carbocycles. The Bertz CT molecular complexity index is 867. The van der Waals surface area contributed by atoms with Gasteiger partial charge in [-0.2, -0.15) is 0 Å². The predicted molar refractivity (Wildman–Crippen MR) is 110 cm³/mol. The lowest BCUT2D eigenvalue weighted by atomic mass is 9.81. The van der Waals surface area contributed by atoms with Crippen LogP contribution < -0.4 is 9.47 Å². The molecular weight excluding hydrogens is 372 g/mol. The van der Waals surface area contributed by atoms with Crippen molar-refractivity contribution in [3.05, 3.63) is 22.8 Å². The maximum absolute atomic E-state index is 13.1. The van der Waals surface area contributed by atoms with Crippen molar-refractivity contribution in [3.8, 4) is 17.2 Å². The van der Waals surface area contributed by atoms with Crippen molar-refractivity contribution >= 4 is 17.8 Å². The molecule has 6 heteroatoms. The number of fused-ring (bicyclic) bond motifs is 2. The fourth-order valence-electron chi connectivity index (χ4n) is 4.01. The molecule has 0 fully saturated rings. The van der Waals surface area contributed by atoms with Crippen LogP contribution in [0.3, 0.4) is 0 Å². The normalized spacial score (nSPS) is 22.8. The zero-order valence-electron chi connectivity index (χ0n) is 18.0. The van der Waals surface area contributed by atoms with E-state index in [-0.39, 0.29) is 47.4 Å². The fourth-order valence-corrected chi connectivity index (χ4v) is 4.01. The van der Waals surface area contributed by atoms with Gasteiger partial charge in [-0.25, -0.2) is 0 Å². The molecule has 29 heavy (non-hydrogen) atoms. The van der Waals surface area contributed by atoms with Gasteiger partial charge in [0.05, 0.1) is 25.0 Å². The summed E-state index contributed by atoms with van der Waals surface area (Å²) in [6, 6.07) is 0. The van der Waals surface area contributed by atoms with E-state index in [1.54, 1.807) is 13.0 Å². The van der Waals surface area contributed by atoms with Gasteiger partial charge in [0.1, 0.15) is 34.5 Å². The molecule has 0 amide bonds. The lowest BCUT2D eigenvalue weighted by Crippen LogP contribution is -2.36. The van der Waals surface area contributed by atoms with Crippen LogP contribution in [-0.2, 0) is 9.53 Å². The first-order valence-electron chi connectivity index (χ1n) is 10.2. The van der Waals surface area contributed by atoms with Crippen molar-refractivity contribution in [2.75, 3.05) is 7.11 Å². The largest absolute Gasteiger partial charge is 0.506 e. The summed E-state index contributed by atoms with van der Waals surface area (Å²) in [5.41, 5.74) is 0.720. The summed E-state index contributed by atoms with van der Waals surface area (Å²) in [5.74, 6) is -0.445. The summed E-state index contributed by atoms with van der Waals surface area (Å²) >= 11 is 0. The summed E-state index contributed by atoms with van der Waals surface area (Å²) < 4.78 is 17.3. The van der Waals surface area contributed by atoms with Gasteiger partial charge < -0.3 is 19.3 Å². The molecule has 1 N–H and O–H groups in total. The van der Waals surface area contributed by atoms with Crippen LogP contribution in [0.2, 0.25) is 0 Å². The van der Waals surface area contributed by atoms with Crippen LogP contribution in [0, 0.1) is 5.92 Å². The average Bonchev–Trinajstić information content (AvgIpc) is 2.65. The molecule has 1 unspecified atom stereocenters. The van der Waals surface area contributed by atoms with Crippen LogP contribution in [0.5, 0.6) is 17.2 Å². The number of carbonyl (C=O) groups excluding carboxylic acids is 2. The van der Waals surface area contributed by atoms with Gasteiger partial charge >= 0.3 is 5.97 Å². The van der Waals surface area contributed by atoms with Crippen molar-refractivity contribution < 1.29 is 28.9 Å². The van der Waals surface area contributed by atoms with Crippen LogP contribution in [0.4, 0.5) is 0 Å². The molecule has 0 radical (unpaired) electrons. The third-order valence-corrected chi connectivity index (χ3v) is 5.82. The fraction of sp³-hybridized carbons (Fsp3) is 0.565. The highest BCUT2D eigenvalue weighted by molar-refractivity contribution is 6.06. The van der Waals surface area contributed by atoms with E-state index in [0.717, 1.165) is 6.42 Å². The van der Waals surface area contributed by atoms with Crippen LogP contribution in [0.25, 0.3) is 6.08 Å². The summed E-state index contributed by atoms with van der Waals surface area (Å²) in [6.07, 6.45) is 4.94. The van der Waals surface area contributed by atoms with Gasteiger partial charge in [0.25, 0.3) is 0 Å². The number of hydrogen-bond acceptors (Lipinski definition) is 6. The van der Waals surface area contributed by atoms with E-state index >= 15 is 0 Å². The molecular formula is C23H30O6. The maximum atomic E-state index is 13.1. The van der Waals surface area contributed by atoms with Gasteiger partial charge in [-0.1, -0.05) is 20.3 Å². The lowest BCUT2D eigenvalue weighted by Gasteiger charge is -2.37. The van der Waals surface area contributed by atoms with Gasteiger partial charge in [-0.15, -0.1) is 0 Å². The van der Waals surface area contributed by atoms with Crippen molar-refractivity contribution in [2.45, 2.75) is 71.5 Å². The standard InChI is InChI=1S/C23H30O6/c1-7-8-14(11-16(24)27-6)17-21-15(9-10-23(4,5)29-21)20(26)18-19(25)12(2)13(3)28-22(17)18/h9-10,12-14,26H,7-8,11H2,1-6H3/t12-,13+,14?/m0/s1. The monoisotopic (exact) mass is 402 g/mol. The molecule has 0 saturated carbocycles. The number of Topliss-reactive ketones (excluding diaryl/α,β-unsaturated/α-hetero) is 1. The smallest absolute Gasteiger partial charge is 0.306 e. The Morgan fingerprint density at radius 3 is 2.62 bits per heavy atom. The third-order valence-electron chi connectivity index (χ3n) is 5.82. The maximum Gasteiger partial charge on any atom is 0.306 e. The predicted octanol–water partition coefficient (Wildman–Crippen LogP) is 4.62. The molecule has 3 atom stereocenters. The number of phenols is 1. The quantitative estimate of drug-likeness (QED) is 0.724. The Morgan fingerprint density at radius 1 is 1.31 bits per heavy atom. The topological polar surface area (TPSA) is 82.1 Å². The number of rotatable bonds is 5. The van der Waals surface area contributed by atoms with E-state index in [1.807, 2.05) is 33.8 Å². The molecule has 0 spiro atoms. The van der Waals surface area contributed by atoms with Gasteiger partial charge in [0, 0.05) is 11.5 Å². The van der Waals surface area contributed by atoms with Crippen molar-refractivity contribution in [1.29, 1.82) is 0 Å². The minimum absolute atomic E-state index is 0.123. The van der Waals surface area contributed by atoms with Gasteiger partial charge in [-0.3, -0.25) is 9.59 Å². The van der Waals surface area contributed by atoms with E-state index in [4.69, 9.17) is 14.2 Å². The van der Waals surface area contributed by atoms with Crippen molar-refractivity contribution in [2.24, 2.45) is 5.92 Å². The molecule has 3 rings (SSSR count). The molecule has 158 valence electrons. The number of ether oxygens (including phenoxy) is 3. The molecule has 2 aliphatic rings. The molecule has 0 aromatic heterocycles. The van der Waals surface area contributed by atoms with Gasteiger partial charge in [0.2, 0.25) is 0 Å². The summed E-state index contributed by atoms with van der Waals surface area (Å²) in [5, 5.41) is 11.0. The number of carbonyl (C=O) groups is 2. The molecule has 2 aliphatic heterocycles. The number of phenolic OH excluding ortho intramolecular Hbond substituents is 1. The van der Waals surface area contributed by atoms with Crippen LogP contribution >= 0.6 is 0 Å². The van der Waals surface area contributed by atoms with E-state index in [2.05, 4.69) is 0 Å². The number of ketones is 1.